The maximum Gasteiger partial charge on any atom is 0.293 e. The van der Waals surface area contributed by atoms with Gasteiger partial charge in [-0.3, -0.25) is 28.5 Å². The number of piperidine rings is 1. The van der Waals surface area contributed by atoms with Gasteiger partial charge in [-0.2, -0.15) is 0 Å². The summed E-state index contributed by atoms with van der Waals surface area (Å²) in [5.74, 6) is 0. The number of carbonyl (C=O) groups excluding carboxylic acids is 1. The number of nitrogens with one attached hydrogen (secondary N) is 3. The molecule has 0 unspecified atom stereocenters. The van der Waals surface area contributed by atoms with Crippen molar-refractivity contribution in [1.82, 2.24) is 19.9 Å². The van der Waals surface area contributed by atoms with Crippen LogP contribution in [-0.2, 0) is 9.53 Å². The minimum Gasteiger partial charge on any atom is -0.462 e. The molecule has 30 heavy (non-hydrogen) atoms. The van der Waals surface area contributed by atoms with Crippen molar-refractivity contribution in [2.45, 2.75) is 45.3 Å². The largest absolute Gasteiger partial charge is 0.462 e. The number of fused-ring (bicyclic) bond motifs is 2. The number of nitrogens with zero attached hydrogens (tertiary/aromatic N) is 1. The number of H-pyrrole nitrogens is 2. The summed E-state index contributed by atoms with van der Waals surface area (Å²) >= 11 is 0. The third-order valence-electron chi connectivity index (χ3n) is 4.89. The Hall–Kier alpha value is -3.27. The fraction of sp³-hybridized carbons (Fsp3) is 0.450. The van der Waals surface area contributed by atoms with Gasteiger partial charge in [0.2, 0.25) is 10.9 Å². The summed E-state index contributed by atoms with van der Waals surface area (Å²) in [6.07, 6.45) is 4.15. The summed E-state index contributed by atoms with van der Waals surface area (Å²) in [5.41, 5.74) is -2.81. The van der Waals surface area contributed by atoms with E-state index < -0.39 is 22.0 Å². The predicted octanol–water partition coefficient (Wildman–Crippen LogP) is 0.212. The zero-order valence-corrected chi connectivity index (χ0v) is 17.0. The van der Waals surface area contributed by atoms with Gasteiger partial charge in [0.1, 0.15) is 27.4 Å². The molecule has 2 aromatic heterocycles. The highest BCUT2D eigenvalue weighted by molar-refractivity contribution is 5.94. The topological polar surface area (TPSA) is 143 Å². The van der Waals surface area contributed by atoms with Gasteiger partial charge in [-0.15, -0.1) is 0 Å². The van der Waals surface area contributed by atoms with Crippen molar-refractivity contribution in [2.24, 2.45) is 0 Å². The number of aromatic nitrogens is 3. The van der Waals surface area contributed by atoms with E-state index in [0.717, 1.165) is 4.57 Å². The van der Waals surface area contributed by atoms with Gasteiger partial charge in [0.25, 0.3) is 17.6 Å². The quantitative estimate of drug-likeness (QED) is 0.507. The molecule has 10 nitrogen and oxygen atoms in total. The van der Waals surface area contributed by atoms with Crippen LogP contribution in [0.1, 0.15) is 39.7 Å². The molecule has 3 N–H and O–H groups in total. The van der Waals surface area contributed by atoms with E-state index in [-0.39, 0.29) is 33.4 Å². The maximum absolute atomic E-state index is 12.6. The molecule has 0 atom stereocenters. The first-order valence-corrected chi connectivity index (χ1v) is 9.63. The van der Waals surface area contributed by atoms with Crippen LogP contribution in [0.15, 0.2) is 31.6 Å². The fourth-order valence-corrected chi connectivity index (χ4v) is 3.51. The molecule has 10 heteroatoms. The summed E-state index contributed by atoms with van der Waals surface area (Å²) in [6.45, 7) is 7.30. The van der Waals surface area contributed by atoms with Gasteiger partial charge in [-0.05, 0) is 46.7 Å². The summed E-state index contributed by atoms with van der Waals surface area (Å²) in [4.78, 5) is 65.4. The first-order chi connectivity index (χ1) is 14.2. The molecule has 0 amide bonds. The molecule has 1 saturated heterocycles. The van der Waals surface area contributed by atoms with Crippen molar-refractivity contribution >= 4 is 28.3 Å². The van der Waals surface area contributed by atoms with Gasteiger partial charge in [-0.1, -0.05) is 0 Å². The Morgan fingerprint density at radius 1 is 0.933 bits per heavy atom. The van der Waals surface area contributed by atoms with Gasteiger partial charge in [0.15, 0.2) is 0 Å². The highest BCUT2D eigenvalue weighted by Gasteiger charge is 2.26. The lowest BCUT2D eigenvalue weighted by Gasteiger charge is -2.22. The van der Waals surface area contributed by atoms with Crippen molar-refractivity contribution in [3.8, 4) is 0 Å². The molecule has 1 aliphatic rings. The molecule has 0 aliphatic carbocycles. The van der Waals surface area contributed by atoms with Gasteiger partial charge in [0.05, 0.1) is 0 Å². The second kappa shape index (κ2) is 8.23. The minimum atomic E-state index is -0.654. The van der Waals surface area contributed by atoms with E-state index in [1.54, 1.807) is 0 Å². The van der Waals surface area contributed by atoms with E-state index >= 15 is 0 Å². The Labute approximate surface area is 170 Å². The van der Waals surface area contributed by atoms with E-state index in [0.29, 0.717) is 32.4 Å². The number of aromatic amines is 2. The number of carbonyl (C=O) groups is 1. The Kier molecular flexibility index (Phi) is 5.88. The lowest BCUT2D eigenvalue weighted by Crippen LogP contribution is -2.37. The second-order valence-corrected chi connectivity index (χ2v) is 8.07. The third-order valence-corrected chi connectivity index (χ3v) is 4.89. The SMILES string of the molecule is CC(C)(C)OC=O.O=c1c2[nH]cc[nH]c2c(=O)c2c(=O)n(C3CCNCC3)c(=O)c12. The van der Waals surface area contributed by atoms with Crippen LogP contribution in [-0.4, -0.2) is 39.7 Å². The zero-order chi connectivity index (χ0) is 22.1. The predicted molar refractivity (Wildman–Crippen MR) is 112 cm³/mol. The number of rotatable bonds is 2. The summed E-state index contributed by atoms with van der Waals surface area (Å²) in [6, 6.07) is -0.279. The van der Waals surface area contributed by atoms with Crippen LogP contribution >= 0.6 is 0 Å². The van der Waals surface area contributed by atoms with Crippen molar-refractivity contribution in [2.75, 3.05) is 13.1 Å². The number of hydrogen-bond acceptors (Lipinski definition) is 7. The lowest BCUT2D eigenvalue weighted by molar-refractivity contribution is -0.138. The summed E-state index contributed by atoms with van der Waals surface area (Å²) in [7, 11) is 0. The number of ether oxygens (including phenoxy) is 1. The molecule has 4 rings (SSSR count). The summed E-state index contributed by atoms with van der Waals surface area (Å²) < 4.78 is 5.64. The van der Waals surface area contributed by atoms with Gasteiger partial charge in [0, 0.05) is 18.4 Å². The Balaban J connectivity index is 0.000000318. The molecule has 160 valence electrons. The monoisotopic (exact) mass is 416 g/mol. The van der Waals surface area contributed by atoms with Crippen molar-refractivity contribution in [1.29, 1.82) is 0 Å². The molecule has 1 fully saturated rings. The van der Waals surface area contributed by atoms with Crippen LogP contribution in [0.3, 0.4) is 0 Å². The average molecular weight is 416 g/mol. The maximum atomic E-state index is 12.6. The summed E-state index contributed by atoms with van der Waals surface area (Å²) in [5, 5.41) is 2.55. The number of hydrogen-bond donors (Lipinski definition) is 3. The van der Waals surface area contributed by atoms with Crippen LogP contribution in [0.25, 0.3) is 21.8 Å². The standard InChI is InChI=1S/C15H14N4O4.C5H10O2/c20-12-8-9(13(21)11-10(12)17-5-6-18-11)15(23)19(14(8)22)7-1-3-16-4-2-7;1-5(2,3)7-4-6/h5-7,16-18H,1-4H2;4H,1-3H3. The highest BCUT2D eigenvalue weighted by Crippen LogP contribution is 2.16. The van der Waals surface area contributed by atoms with Crippen molar-refractivity contribution in [3.63, 3.8) is 0 Å². The molecule has 3 heterocycles. The average Bonchev–Trinajstić information content (AvgIpc) is 2.97. The van der Waals surface area contributed by atoms with E-state index in [4.69, 9.17) is 0 Å². The Morgan fingerprint density at radius 3 is 1.77 bits per heavy atom. The first kappa shape index (κ1) is 21.4. The van der Waals surface area contributed by atoms with Crippen LogP contribution in [0.5, 0.6) is 0 Å². The molecule has 0 radical (unpaired) electrons. The molecule has 0 saturated carbocycles. The number of benzene rings is 1. The molecule has 0 spiro atoms. The molecular weight excluding hydrogens is 392 g/mol. The van der Waals surface area contributed by atoms with Crippen LogP contribution in [0, 0.1) is 0 Å². The van der Waals surface area contributed by atoms with E-state index in [1.807, 2.05) is 20.8 Å². The normalized spacial score (nSPS) is 15.0. The van der Waals surface area contributed by atoms with Crippen LogP contribution in [0.4, 0.5) is 0 Å². The van der Waals surface area contributed by atoms with E-state index in [2.05, 4.69) is 20.0 Å². The Morgan fingerprint density at radius 2 is 1.40 bits per heavy atom. The van der Waals surface area contributed by atoms with Crippen LogP contribution in [0.2, 0.25) is 0 Å². The van der Waals surface area contributed by atoms with Crippen LogP contribution < -0.4 is 27.3 Å². The Bertz CT molecular complexity index is 1210. The molecule has 1 aliphatic heterocycles. The van der Waals surface area contributed by atoms with Gasteiger partial charge >= 0.3 is 0 Å². The lowest BCUT2D eigenvalue weighted by atomic mass is 10.1. The highest BCUT2D eigenvalue weighted by atomic mass is 16.5. The van der Waals surface area contributed by atoms with Gasteiger partial charge < -0.3 is 20.0 Å². The van der Waals surface area contributed by atoms with Crippen molar-refractivity contribution < 1.29 is 9.53 Å². The third kappa shape index (κ3) is 3.90. The zero-order valence-electron chi connectivity index (χ0n) is 17.0. The molecular formula is C20H24N4O6. The molecule has 1 aromatic carbocycles. The van der Waals surface area contributed by atoms with Gasteiger partial charge in [-0.25, -0.2) is 0 Å². The van der Waals surface area contributed by atoms with Crippen molar-refractivity contribution in [3.05, 3.63) is 53.5 Å². The smallest absolute Gasteiger partial charge is 0.293 e. The van der Waals surface area contributed by atoms with E-state index in [1.165, 1.54) is 12.4 Å². The van der Waals surface area contributed by atoms with E-state index in [9.17, 15) is 24.0 Å². The second-order valence-electron chi connectivity index (χ2n) is 8.07. The first-order valence-electron chi connectivity index (χ1n) is 9.63. The fourth-order valence-electron chi connectivity index (χ4n) is 3.51. The minimum absolute atomic E-state index is 0.0181. The molecule has 3 aromatic rings. The molecule has 0 bridgehead atoms.